The SMILES string of the molecule is C=C1/C=C\c2ccccc2CNc2cc3ccccc3cc21. The molecule has 1 heterocycles. The molecule has 1 aliphatic heterocycles. The summed E-state index contributed by atoms with van der Waals surface area (Å²) in [6.07, 6.45) is 4.27. The molecule has 0 radical (unpaired) electrons. The quantitative estimate of drug-likeness (QED) is 0.575. The lowest BCUT2D eigenvalue weighted by Gasteiger charge is -2.14. The van der Waals surface area contributed by atoms with E-state index in [1.807, 2.05) is 0 Å². The molecule has 0 fully saturated rings. The van der Waals surface area contributed by atoms with Crippen LogP contribution in [0.5, 0.6) is 0 Å². The highest BCUT2D eigenvalue weighted by molar-refractivity contribution is 5.94. The molecular formula is C21H17N. The summed E-state index contributed by atoms with van der Waals surface area (Å²) in [5.41, 5.74) is 5.89. The normalized spacial score (nSPS) is 15.0. The number of hydrogen-bond acceptors (Lipinski definition) is 1. The Morgan fingerprint density at radius 3 is 2.41 bits per heavy atom. The summed E-state index contributed by atoms with van der Waals surface area (Å²) < 4.78 is 0. The molecule has 0 unspecified atom stereocenters. The van der Waals surface area contributed by atoms with Crippen LogP contribution >= 0.6 is 0 Å². The van der Waals surface area contributed by atoms with E-state index in [1.54, 1.807) is 0 Å². The van der Waals surface area contributed by atoms with Crippen LogP contribution in [-0.4, -0.2) is 0 Å². The molecule has 4 rings (SSSR count). The molecule has 1 aliphatic rings. The smallest absolute Gasteiger partial charge is 0.0428 e. The molecule has 0 bridgehead atoms. The number of fused-ring (bicyclic) bond motifs is 3. The van der Waals surface area contributed by atoms with Gasteiger partial charge in [0.05, 0.1) is 0 Å². The molecule has 0 spiro atoms. The zero-order chi connectivity index (χ0) is 14.9. The van der Waals surface area contributed by atoms with E-state index in [-0.39, 0.29) is 0 Å². The van der Waals surface area contributed by atoms with Crippen LogP contribution < -0.4 is 5.32 Å². The minimum absolute atomic E-state index is 0.819. The Hall–Kier alpha value is -2.80. The molecule has 3 aromatic rings. The molecule has 0 aliphatic carbocycles. The second kappa shape index (κ2) is 5.19. The van der Waals surface area contributed by atoms with Crippen molar-refractivity contribution in [1.29, 1.82) is 0 Å². The van der Waals surface area contributed by atoms with Crippen LogP contribution in [0.4, 0.5) is 5.69 Å². The largest absolute Gasteiger partial charge is 0.380 e. The first-order valence-corrected chi connectivity index (χ1v) is 7.53. The van der Waals surface area contributed by atoms with Crippen LogP contribution in [-0.2, 0) is 6.54 Å². The van der Waals surface area contributed by atoms with Crippen LogP contribution in [0.15, 0.2) is 73.3 Å². The monoisotopic (exact) mass is 283 g/mol. The van der Waals surface area contributed by atoms with Crippen molar-refractivity contribution in [3.05, 3.63) is 90.0 Å². The molecule has 106 valence electrons. The van der Waals surface area contributed by atoms with E-state index < -0.39 is 0 Å². The van der Waals surface area contributed by atoms with Gasteiger partial charge >= 0.3 is 0 Å². The summed E-state index contributed by atoms with van der Waals surface area (Å²) in [6, 6.07) is 21.4. The van der Waals surface area contributed by atoms with E-state index in [9.17, 15) is 0 Å². The molecule has 3 aromatic carbocycles. The van der Waals surface area contributed by atoms with Gasteiger partial charge in [-0.05, 0) is 39.6 Å². The summed E-state index contributed by atoms with van der Waals surface area (Å²) >= 11 is 0. The topological polar surface area (TPSA) is 12.0 Å². The maximum Gasteiger partial charge on any atom is 0.0428 e. The highest BCUT2D eigenvalue weighted by Gasteiger charge is 2.10. The van der Waals surface area contributed by atoms with Gasteiger partial charge < -0.3 is 5.32 Å². The number of anilines is 1. The summed E-state index contributed by atoms with van der Waals surface area (Å²) in [5, 5.41) is 6.08. The van der Waals surface area contributed by atoms with Crippen LogP contribution in [0.25, 0.3) is 22.4 Å². The number of nitrogens with one attached hydrogen (secondary N) is 1. The maximum atomic E-state index is 4.25. The molecule has 0 saturated carbocycles. The minimum atomic E-state index is 0.819. The second-order valence-corrected chi connectivity index (χ2v) is 5.66. The Bertz CT molecular complexity index is 903. The first-order valence-electron chi connectivity index (χ1n) is 7.53. The molecule has 1 N–H and O–H groups in total. The van der Waals surface area contributed by atoms with E-state index in [0.29, 0.717) is 0 Å². The van der Waals surface area contributed by atoms with Gasteiger partial charge in [0.15, 0.2) is 0 Å². The molecular weight excluding hydrogens is 266 g/mol. The number of hydrogen-bond donors (Lipinski definition) is 1. The van der Waals surface area contributed by atoms with Crippen molar-refractivity contribution in [3.63, 3.8) is 0 Å². The van der Waals surface area contributed by atoms with Gasteiger partial charge in [0.25, 0.3) is 0 Å². The van der Waals surface area contributed by atoms with E-state index in [2.05, 4.69) is 84.7 Å². The first kappa shape index (κ1) is 12.9. The lowest BCUT2D eigenvalue weighted by atomic mass is 9.99. The van der Waals surface area contributed by atoms with E-state index in [1.165, 1.54) is 27.5 Å². The van der Waals surface area contributed by atoms with Gasteiger partial charge in [-0.3, -0.25) is 0 Å². The van der Waals surface area contributed by atoms with Crippen LogP contribution in [0.2, 0.25) is 0 Å². The zero-order valence-electron chi connectivity index (χ0n) is 12.3. The van der Waals surface area contributed by atoms with Gasteiger partial charge in [-0.1, -0.05) is 67.3 Å². The Balaban J connectivity index is 1.89. The third-order valence-electron chi connectivity index (χ3n) is 4.22. The standard InChI is InChI=1S/C21H17N/c1-15-10-11-16-6-2-5-9-19(16)14-22-21-13-18-8-4-3-7-17(18)12-20(15)21/h2-13,22H,1,14H2/b11-10-. The lowest BCUT2D eigenvalue weighted by Crippen LogP contribution is -2.02. The van der Waals surface area contributed by atoms with Gasteiger partial charge in [-0.15, -0.1) is 0 Å². The van der Waals surface area contributed by atoms with Gasteiger partial charge in [-0.25, -0.2) is 0 Å². The first-order chi connectivity index (χ1) is 10.8. The maximum absolute atomic E-state index is 4.25. The predicted molar refractivity (Wildman–Crippen MR) is 95.8 cm³/mol. The van der Waals surface area contributed by atoms with E-state index in [0.717, 1.165) is 17.8 Å². The van der Waals surface area contributed by atoms with E-state index in [4.69, 9.17) is 0 Å². The summed E-state index contributed by atoms with van der Waals surface area (Å²) in [5.74, 6) is 0. The highest BCUT2D eigenvalue weighted by Crippen LogP contribution is 2.31. The van der Waals surface area contributed by atoms with Gasteiger partial charge in [0.1, 0.15) is 0 Å². The third-order valence-corrected chi connectivity index (χ3v) is 4.22. The van der Waals surface area contributed by atoms with Crippen molar-refractivity contribution in [3.8, 4) is 0 Å². The number of benzene rings is 3. The summed E-state index contributed by atoms with van der Waals surface area (Å²) in [7, 11) is 0. The zero-order valence-corrected chi connectivity index (χ0v) is 12.3. The molecule has 0 atom stereocenters. The Morgan fingerprint density at radius 2 is 1.55 bits per heavy atom. The van der Waals surface area contributed by atoms with Crippen molar-refractivity contribution in [2.45, 2.75) is 6.54 Å². The molecule has 1 heteroatoms. The van der Waals surface area contributed by atoms with Crippen molar-refractivity contribution in [2.24, 2.45) is 0 Å². The Morgan fingerprint density at radius 1 is 0.818 bits per heavy atom. The average Bonchev–Trinajstić information content (AvgIpc) is 2.63. The lowest BCUT2D eigenvalue weighted by molar-refractivity contribution is 1.14. The number of rotatable bonds is 0. The predicted octanol–water partition coefficient (Wildman–Crippen LogP) is 5.49. The number of allylic oxidation sites excluding steroid dienone is 2. The van der Waals surface area contributed by atoms with Crippen molar-refractivity contribution < 1.29 is 0 Å². The summed E-state index contributed by atoms with van der Waals surface area (Å²) in [4.78, 5) is 0. The van der Waals surface area contributed by atoms with Crippen LogP contribution in [0.1, 0.15) is 16.7 Å². The Labute approximate surface area is 130 Å². The molecule has 0 saturated heterocycles. The van der Waals surface area contributed by atoms with Gasteiger partial charge in [0, 0.05) is 17.8 Å². The van der Waals surface area contributed by atoms with E-state index >= 15 is 0 Å². The van der Waals surface area contributed by atoms with Crippen LogP contribution in [0.3, 0.4) is 0 Å². The van der Waals surface area contributed by atoms with Crippen molar-refractivity contribution in [1.82, 2.24) is 0 Å². The fraction of sp³-hybridized carbons (Fsp3) is 0.0476. The molecule has 0 amide bonds. The van der Waals surface area contributed by atoms with Gasteiger partial charge in [-0.2, -0.15) is 0 Å². The average molecular weight is 283 g/mol. The third kappa shape index (κ3) is 2.21. The van der Waals surface area contributed by atoms with Crippen LogP contribution in [0, 0.1) is 0 Å². The molecule has 1 nitrogen and oxygen atoms in total. The fourth-order valence-corrected chi connectivity index (χ4v) is 2.98. The Kier molecular flexibility index (Phi) is 3.05. The molecule has 0 aromatic heterocycles. The fourth-order valence-electron chi connectivity index (χ4n) is 2.98. The minimum Gasteiger partial charge on any atom is -0.380 e. The van der Waals surface area contributed by atoms with Crippen molar-refractivity contribution in [2.75, 3.05) is 5.32 Å². The second-order valence-electron chi connectivity index (χ2n) is 5.66. The summed E-state index contributed by atoms with van der Waals surface area (Å²) in [6.45, 7) is 5.07. The van der Waals surface area contributed by atoms with Gasteiger partial charge in [0.2, 0.25) is 0 Å². The highest BCUT2D eigenvalue weighted by atomic mass is 14.9. The van der Waals surface area contributed by atoms with Crippen molar-refractivity contribution >= 4 is 28.1 Å². The molecule has 22 heavy (non-hydrogen) atoms.